The summed E-state index contributed by atoms with van der Waals surface area (Å²) in [4.78, 5) is 0. The molecule has 96 valence electrons. The molecule has 0 spiro atoms. The average molecular weight is 261 g/mol. The Morgan fingerprint density at radius 1 is 1.00 bits per heavy atom. The van der Waals surface area contributed by atoms with E-state index in [4.69, 9.17) is 5.73 Å². The van der Waals surface area contributed by atoms with E-state index >= 15 is 0 Å². The number of hydrogen-bond acceptors (Lipinski definition) is 1. The van der Waals surface area contributed by atoms with Crippen molar-refractivity contribution in [2.24, 2.45) is 5.73 Å². The van der Waals surface area contributed by atoms with Crippen LogP contribution in [0.4, 0.5) is 30.7 Å². The molecule has 0 saturated carbocycles. The Bertz CT molecular complexity index is 407. The summed E-state index contributed by atoms with van der Waals surface area (Å²) < 4.78 is 85.7. The molecule has 0 fully saturated rings. The molecule has 0 bridgehead atoms. The van der Waals surface area contributed by atoms with E-state index in [-0.39, 0.29) is 12.1 Å². The van der Waals surface area contributed by atoms with Gasteiger partial charge in [-0.1, -0.05) is 6.07 Å². The zero-order valence-electron chi connectivity index (χ0n) is 8.03. The van der Waals surface area contributed by atoms with Gasteiger partial charge in [-0.25, -0.2) is 4.39 Å². The summed E-state index contributed by atoms with van der Waals surface area (Å²) in [6, 6.07) is -1.64. The molecule has 17 heavy (non-hydrogen) atoms. The molecule has 1 aromatic carbocycles. The first-order valence-electron chi connectivity index (χ1n) is 4.22. The van der Waals surface area contributed by atoms with E-state index < -0.39 is 35.3 Å². The van der Waals surface area contributed by atoms with E-state index in [0.29, 0.717) is 6.07 Å². The van der Waals surface area contributed by atoms with Gasteiger partial charge in [0.15, 0.2) is 0 Å². The monoisotopic (exact) mass is 261 g/mol. The van der Waals surface area contributed by atoms with Crippen LogP contribution in [0.5, 0.6) is 0 Å². The summed E-state index contributed by atoms with van der Waals surface area (Å²) in [6.45, 7) is 0. The van der Waals surface area contributed by atoms with Gasteiger partial charge in [0.2, 0.25) is 0 Å². The van der Waals surface area contributed by atoms with Crippen LogP contribution in [0.15, 0.2) is 18.2 Å². The van der Waals surface area contributed by atoms with Crippen LogP contribution < -0.4 is 5.73 Å². The maximum Gasteiger partial charge on any atom is 0.419 e. The molecule has 1 nitrogen and oxygen atoms in total. The number of nitrogens with two attached hydrogens (primary N) is 1. The zero-order valence-corrected chi connectivity index (χ0v) is 8.03. The predicted octanol–water partition coefficient (Wildman–Crippen LogP) is 3.41. The van der Waals surface area contributed by atoms with Crippen molar-refractivity contribution in [3.63, 3.8) is 0 Å². The lowest BCUT2D eigenvalue weighted by atomic mass is 10.0. The number of alkyl halides is 6. The third-order valence-electron chi connectivity index (χ3n) is 2.01. The van der Waals surface area contributed by atoms with Crippen LogP contribution in [-0.2, 0) is 6.18 Å². The highest BCUT2D eigenvalue weighted by molar-refractivity contribution is 5.29. The van der Waals surface area contributed by atoms with Gasteiger partial charge < -0.3 is 5.73 Å². The van der Waals surface area contributed by atoms with Gasteiger partial charge in [-0.15, -0.1) is 0 Å². The molecule has 0 amide bonds. The fourth-order valence-corrected chi connectivity index (χ4v) is 1.14. The summed E-state index contributed by atoms with van der Waals surface area (Å²) in [7, 11) is 0. The van der Waals surface area contributed by atoms with Crippen LogP contribution in [0.25, 0.3) is 0 Å². The van der Waals surface area contributed by atoms with Gasteiger partial charge in [0, 0.05) is 0 Å². The molecule has 0 unspecified atom stereocenters. The maximum atomic E-state index is 13.0. The standard InChI is InChI=1S/C9H6F7N/c10-6-3-4(7(17)9(14,15)16)1-2-5(6)8(11,12)13/h1-3,7H,17H2/t7-/m1/s1. The molecule has 0 aliphatic heterocycles. The Labute approximate surface area is 91.0 Å². The van der Waals surface area contributed by atoms with Crippen LogP contribution in [0.2, 0.25) is 0 Å². The normalized spacial score (nSPS) is 14.8. The minimum atomic E-state index is -4.95. The highest BCUT2D eigenvalue weighted by Gasteiger charge is 2.39. The molecular weight excluding hydrogens is 255 g/mol. The van der Waals surface area contributed by atoms with Crippen molar-refractivity contribution in [3.05, 3.63) is 35.1 Å². The van der Waals surface area contributed by atoms with Crippen molar-refractivity contribution in [2.45, 2.75) is 18.4 Å². The van der Waals surface area contributed by atoms with Crippen LogP contribution in [0.1, 0.15) is 17.2 Å². The lowest BCUT2D eigenvalue weighted by Crippen LogP contribution is -2.28. The average Bonchev–Trinajstić information content (AvgIpc) is 2.12. The molecule has 0 saturated heterocycles. The Hall–Kier alpha value is -1.31. The molecule has 1 atom stereocenters. The number of benzene rings is 1. The summed E-state index contributed by atoms with van der Waals surface area (Å²) in [6.07, 6.45) is -9.79. The second-order valence-corrected chi connectivity index (χ2v) is 3.26. The summed E-state index contributed by atoms with van der Waals surface area (Å²) in [5.41, 5.74) is 2.34. The molecule has 1 rings (SSSR count). The van der Waals surface area contributed by atoms with E-state index in [9.17, 15) is 30.7 Å². The van der Waals surface area contributed by atoms with Gasteiger partial charge in [0.05, 0.1) is 5.56 Å². The van der Waals surface area contributed by atoms with Crippen molar-refractivity contribution >= 4 is 0 Å². The molecule has 0 heterocycles. The molecule has 0 aliphatic carbocycles. The molecule has 8 heteroatoms. The summed E-state index contributed by atoms with van der Waals surface area (Å²) in [5, 5.41) is 0. The lowest BCUT2D eigenvalue weighted by Gasteiger charge is -2.17. The van der Waals surface area contributed by atoms with E-state index in [0.717, 1.165) is 0 Å². The molecule has 0 aliphatic rings. The summed E-state index contributed by atoms with van der Waals surface area (Å²) in [5.74, 6) is -1.78. The van der Waals surface area contributed by atoms with Crippen molar-refractivity contribution in [2.75, 3.05) is 0 Å². The molecule has 0 aromatic heterocycles. The highest BCUT2D eigenvalue weighted by Crippen LogP contribution is 2.35. The quantitative estimate of drug-likeness (QED) is 0.770. The Morgan fingerprint density at radius 2 is 1.53 bits per heavy atom. The second kappa shape index (κ2) is 4.17. The lowest BCUT2D eigenvalue weighted by molar-refractivity contribution is -0.149. The summed E-state index contributed by atoms with van der Waals surface area (Å²) >= 11 is 0. The van der Waals surface area contributed by atoms with Crippen molar-refractivity contribution < 1.29 is 30.7 Å². The van der Waals surface area contributed by atoms with E-state index in [1.54, 1.807) is 0 Å². The third kappa shape index (κ3) is 3.09. The smallest absolute Gasteiger partial charge is 0.316 e. The first kappa shape index (κ1) is 13.8. The van der Waals surface area contributed by atoms with Crippen LogP contribution in [0.3, 0.4) is 0 Å². The largest absolute Gasteiger partial charge is 0.419 e. The van der Waals surface area contributed by atoms with Crippen LogP contribution in [-0.4, -0.2) is 6.18 Å². The SMILES string of the molecule is N[C@H](c1ccc(C(F)(F)F)c(F)c1)C(F)(F)F. The molecule has 0 radical (unpaired) electrons. The number of rotatable bonds is 1. The van der Waals surface area contributed by atoms with Crippen molar-refractivity contribution in [1.29, 1.82) is 0 Å². The Kier molecular flexibility index (Phi) is 3.37. The van der Waals surface area contributed by atoms with Crippen molar-refractivity contribution in [3.8, 4) is 0 Å². The molecular formula is C9H6F7N. The highest BCUT2D eigenvalue weighted by atomic mass is 19.4. The minimum absolute atomic E-state index is 0.140. The van der Waals surface area contributed by atoms with Gasteiger partial charge in [0.1, 0.15) is 11.9 Å². The van der Waals surface area contributed by atoms with E-state index in [2.05, 4.69) is 0 Å². The molecule has 2 N–H and O–H groups in total. The number of halogens is 7. The predicted molar refractivity (Wildman–Crippen MR) is 44.4 cm³/mol. The third-order valence-corrected chi connectivity index (χ3v) is 2.01. The van der Waals surface area contributed by atoms with E-state index in [1.165, 1.54) is 0 Å². The maximum absolute atomic E-state index is 13.0. The molecule has 1 aromatic rings. The zero-order chi connectivity index (χ0) is 13.4. The van der Waals surface area contributed by atoms with Crippen LogP contribution in [0, 0.1) is 5.82 Å². The fourth-order valence-electron chi connectivity index (χ4n) is 1.14. The first-order valence-corrected chi connectivity index (χ1v) is 4.22. The second-order valence-electron chi connectivity index (χ2n) is 3.26. The van der Waals surface area contributed by atoms with Gasteiger partial charge in [-0.2, -0.15) is 26.3 Å². The Morgan fingerprint density at radius 3 is 1.88 bits per heavy atom. The van der Waals surface area contributed by atoms with Crippen molar-refractivity contribution in [1.82, 2.24) is 0 Å². The minimum Gasteiger partial charge on any atom is -0.316 e. The number of hydrogen-bond donors (Lipinski definition) is 1. The topological polar surface area (TPSA) is 26.0 Å². The van der Waals surface area contributed by atoms with Gasteiger partial charge in [0.25, 0.3) is 0 Å². The fraction of sp³-hybridized carbons (Fsp3) is 0.333. The van der Waals surface area contributed by atoms with Gasteiger partial charge in [-0.05, 0) is 17.7 Å². The Balaban J connectivity index is 3.14. The first-order chi connectivity index (χ1) is 7.53. The van der Waals surface area contributed by atoms with Crippen LogP contribution >= 0.6 is 0 Å². The van der Waals surface area contributed by atoms with E-state index in [1.807, 2.05) is 0 Å². The van der Waals surface area contributed by atoms with Gasteiger partial charge in [-0.3, -0.25) is 0 Å². The van der Waals surface area contributed by atoms with Gasteiger partial charge >= 0.3 is 12.4 Å².